The van der Waals surface area contributed by atoms with Crippen molar-refractivity contribution in [1.29, 1.82) is 5.26 Å². The number of thiazole rings is 1. The maximum atomic E-state index is 12.5. The first-order chi connectivity index (χ1) is 16.1. The summed E-state index contributed by atoms with van der Waals surface area (Å²) in [7, 11) is 0. The highest BCUT2D eigenvalue weighted by Crippen LogP contribution is 2.27. The lowest BCUT2D eigenvalue weighted by Gasteiger charge is -2.30. The van der Waals surface area contributed by atoms with Crippen LogP contribution in [-0.4, -0.2) is 45.5 Å². The number of carbonyl (C=O) groups excluding carboxylic acids is 1. The Bertz CT molecular complexity index is 1120. The van der Waals surface area contributed by atoms with Crippen LogP contribution in [0.1, 0.15) is 46.1 Å². The number of likely N-dealkylation sites (tertiary alicyclic amines) is 1. The molecule has 1 atom stereocenters. The van der Waals surface area contributed by atoms with E-state index in [0.717, 1.165) is 42.8 Å². The van der Waals surface area contributed by atoms with E-state index in [1.165, 1.54) is 11.3 Å². The molecule has 1 amide bonds. The zero-order chi connectivity index (χ0) is 23.0. The molecule has 0 saturated carbocycles. The number of rotatable bonds is 8. The Hall–Kier alpha value is -3.32. The highest BCUT2D eigenvalue weighted by Gasteiger charge is 2.22. The van der Waals surface area contributed by atoms with Crippen molar-refractivity contribution in [1.82, 2.24) is 20.2 Å². The number of pyridine rings is 1. The Labute approximate surface area is 196 Å². The van der Waals surface area contributed by atoms with Gasteiger partial charge in [-0.15, -0.1) is 11.3 Å². The van der Waals surface area contributed by atoms with E-state index >= 15 is 0 Å². The van der Waals surface area contributed by atoms with Crippen molar-refractivity contribution >= 4 is 28.2 Å². The van der Waals surface area contributed by atoms with E-state index in [4.69, 9.17) is 15.4 Å². The second-order valence-corrected chi connectivity index (χ2v) is 8.86. The summed E-state index contributed by atoms with van der Waals surface area (Å²) in [5, 5.41) is 26.5. The Morgan fingerprint density at radius 3 is 2.82 bits per heavy atom. The predicted molar refractivity (Wildman–Crippen MR) is 127 cm³/mol. The lowest BCUT2D eigenvalue weighted by atomic mass is 9.94. The van der Waals surface area contributed by atoms with Gasteiger partial charge in [0.15, 0.2) is 5.13 Å². The number of amides is 1. The van der Waals surface area contributed by atoms with Gasteiger partial charge in [0.2, 0.25) is 0 Å². The van der Waals surface area contributed by atoms with Crippen LogP contribution in [0.15, 0.2) is 47.8 Å². The number of nitriles is 1. The SMILES string of the molecule is N#CCN1CCC[C@H](c2cccc(Nc3nc(C(=O)NCc4ccc(CO)cc4)cs3)n2)C1. The number of nitrogens with zero attached hydrogens (tertiary/aromatic N) is 4. The van der Waals surface area contributed by atoms with Crippen LogP contribution in [0.2, 0.25) is 0 Å². The topological polar surface area (TPSA) is 114 Å². The van der Waals surface area contributed by atoms with Gasteiger partial charge in [0, 0.05) is 30.1 Å². The van der Waals surface area contributed by atoms with E-state index in [2.05, 4.69) is 26.6 Å². The Morgan fingerprint density at radius 2 is 2.03 bits per heavy atom. The monoisotopic (exact) mass is 462 g/mol. The molecule has 1 aliphatic heterocycles. The number of piperidine rings is 1. The van der Waals surface area contributed by atoms with E-state index in [9.17, 15) is 4.79 Å². The quantitative estimate of drug-likeness (QED) is 0.440. The van der Waals surface area contributed by atoms with Gasteiger partial charge >= 0.3 is 0 Å². The number of aliphatic hydroxyl groups excluding tert-OH is 1. The molecule has 33 heavy (non-hydrogen) atoms. The number of benzene rings is 1. The van der Waals surface area contributed by atoms with Crippen molar-refractivity contribution in [2.24, 2.45) is 0 Å². The van der Waals surface area contributed by atoms with E-state index in [-0.39, 0.29) is 12.5 Å². The lowest BCUT2D eigenvalue weighted by molar-refractivity contribution is 0.0946. The number of anilines is 2. The second kappa shape index (κ2) is 11.0. The van der Waals surface area contributed by atoms with E-state index in [1.807, 2.05) is 42.5 Å². The smallest absolute Gasteiger partial charge is 0.271 e. The zero-order valence-corrected chi connectivity index (χ0v) is 19.0. The van der Waals surface area contributed by atoms with Crippen LogP contribution in [-0.2, 0) is 13.2 Å². The van der Waals surface area contributed by atoms with Crippen LogP contribution in [0, 0.1) is 11.3 Å². The fourth-order valence-electron chi connectivity index (χ4n) is 3.87. The van der Waals surface area contributed by atoms with Gasteiger partial charge in [0.05, 0.1) is 19.2 Å². The molecule has 1 fully saturated rings. The molecule has 0 radical (unpaired) electrons. The van der Waals surface area contributed by atoms with Gasteiger partial charge in [-0.25, -0.2) is 9.97 Å². The molecule has 2 aromatic heterocycles. The van der Waals surface area contributed by atoms with Crippen molar-refractivity contribution in [2.75, 3.05) is 25.0 Å². The maximum absolute atomic E-state index is 12.5. The standard InChI is InChI=1S/C24H26N6O2S/c25-10-12-30-11-2-3-19(14-30)20-4-1-5-22(27-20)29-24-28-21(16-33-24)23(32)26-13-17-6-8-18(15-31)9-7-17/h1,4-9,16,19,31H,2-3,11-15H2,(H,26,32)(H,27,28,29)/t19-/m0/s1. The van der Waals surface area contributed by atoms with Gasteiger partial charge in [-0.2, -0.15) is 5.26 Å². The minimum Gasteiger partial charge on any atom is -0.392 e. The first kappa shape index (κ1) is 22.9. The van der Waals surface area contributed by atoms with E-state index in [0.29, 0.717) is 35.7 Å². The van der Waals surface area contributed by atoms with Crippen molar-refractivity contribution in [2.45, 2.75) is 31.9 Å². The van der Waals surface area contributed by atoms with Crippen LogP contribution in [0.25, 0.3) is 0 Å². The zero-order valence-electron chi connectivity index (χ0n) is 18.2. The summed E-state index contributed by atoms with van der Waals surface area (Å²) in [6, 6.07) is 15.5. The van der Waals surface area contributed by atoms with E-state index in [1.54, 1.807) is 5.38 Å². The molecule has 170 valence electrons. The Balaban J connectivity index is 1.34. The summed E-state index contributed by atoms with van der Waals surface area (Å²) in [4.78, 5) is 23.8. The first-order valence-corrected chi connectivity index (χ1v) is 11.8. The normalized spacial score (nSPS) is 16.2. The predicted octanol–water partition coefficient (Wildman–Crippen LogP) is 3.41. The van der Waals surface area contributed by atoms with Gasteiger partial charge in [0.25, 0.3) is 5.91 Å². The molecule has 3 N–H and O–H groups in total. The van der Waals surface area contributed by atoms with Gasteiger partial charge in [-0.3, -0.25) is 9.69 Å². The molecular formula is C24H26N6O2S. The molecule has 3 aromatic rings. The van der Waals surface area contributed by atoms with Crippen LogP contribution in [0.3, 0.4) is 0 Å². The molecule has 9 heteroatoms. The molecule has 0 spiro atoms. The number of nitrogens with one attached hydrogen (secondary N) is 2. The van der Waals surface area contributed by atoms with Crippen molar-refractivity contribution in [3.05, 3.63) is 70.4 Å². The minimum atomic E-state index is -0.243. The van der Waals surface area contributed by atoms with Gasteiger partial charge in [0.1, 0.15) is 11.5 Å². The number of aliphatic hydroxyl groups is 1. The van der Waals surface area contributed by atoms with Crippen LogP contribution < -0.4 is 10.6 Å². The van der Waals surface area contributed by atoms with Gasteiger partial charge in [-0.05, 0) is 42.6 Å². The van der Waals surface area contributed by atoms with Crippen LogP contribution >= 0.6 is 11.3 Å². The summed E-state index contributed by atoms with van der Waals surface area (Å²) in [6.45, 7) is 2.64. The molecule has 3 heterocycles. The molecule has 0 aliphatic carbocycles. The van der Waals surface area contributed by atoms with Gasteiger partial charge in [-0.1, -0.05) is 30.3 Å². The molecule has 1 aromatic carbocycles. The first-order valence-electron chi connectivity index (χ1n) is 10.9. The van der Waals surface area contributed by atoms with E-state index < -0.39 is 0 Å². The Kier molecular flexibility index (Phi) is 7.62. The number of aromatic nitrogens is 2. The lowest BCUT2D eigenvalue weighted by Crippen LogP contribution is -2.34. The largest absolute Gasteiger partial charge is 0.392 e. The fraction of sp³-hybridized carbons (Fsp3) is 0.333. The van der Waals surface area contributed by atoms with Crippen molar-refractivity contribution in [3.8, 4) is 6.07 Å². The minimum absolute atomic E-state index is 0.000695. The number of hydrogen-bond acceptors (Lipinski definition) is 8. The molecule has 1 saturated heterocycles. The summed E-state index contributed by atoms with van der Waals surface area (Å²) < 4.78 is 0. The summed E-state index contributed by atoms with van der Waals surface area (Å²) in [6.07, 6.45) is 2.12. The Morgan fingerprint density at radius 1 is 1.21 bits per heavy atom. The van der Waals surface area contributed by atoms with Gasteiger partial charge < -0.3 is 15.7 Å². The second-order valence-electron chi connectivity index (χ2n) is 8.00. The van der Waals surface area contributed by atoms with Crippen molar-refractivity contribution in [3.63, 3.8) is 0 Å². The summed E-state index contributed by atoms with van der Waals surface area (Å²) in [5.41, 5.74) is 3.14. The highest BCUT2D eigenvalue weighted by atomic mass is 32.1. The number of hydrogen-bond donors (Lipinski definition) is 3. The average molecular weight is 463 g/mol. The highest BCUT2D eigenvalue weighted by molar-refractivity contribution is 7.14. The molecule has 0 unspecified atom stereocenters. The van der Waals surface area contributed by atoms with Crippen molar-refractivity contribution < 1.29 is 9.90 Å². The molecule has 4 rings (SSSR count). The maximum Gasteiger partial charge on any atom is 0.271 e. The number of carbonyl (C=O) groups is 1. The fourth-order valence-corrected chi connectivity index (χ4v) is 4.57. The molecular weight excluding hydrogens is 436 g/mol. The summed E-state index contributed by atoms with van der Waals surface area (Å²) >= 11 is 1.35. The third-order valence-corrected chi connectivity index (χ3v) is 6.38. The van der Waals surface area contributed by atoms with Crippen LogP contribution in [0.5, 0.6) is 0 Å². The van der Waals surface area contributed by atoms with Crippen LogP contribution in [0.4, 0.5) is 10.9 Å². The third-order valence-electron chi connectivity index (χ3n) is 5.62. The average Bonchev–Trinajstić information content (AvgIpc) is 3.32. The molecule has 0 bridgehead atoms. The summed E-state index contributed by atoms with van der Waals surface area (Å²) in [5.74, 6) is 0.750. The third kappa shape index (κ3) is 6.14. The molecule has 8 nitrogen and oxygen atoms in total. The molecule has 1 aliphatic rings.